The highest BCUT2D eigenvalue weighted by molar-refractivity contribution is 14.1. The maximum atomic E-state index is 12.0. The van der Waals surface area contributed by atoms with Gasteiger partial charge in [-0.2, -0.15) is 5.10 Å². The van der Waals surface area contributed by atoms with Crippen LogP contribution >= 0.6 is 22.6 Å². The molecule has 1 aromatic carbocycles. The lowest BCUT2D eigenvalue weighted by Crippen LogP contribution is -2.54. The second-order valence-electron chi connectivity index (χ2n) is 7.59. The molecule has 2 fully saturated rings. The number of carbonyl (C=O) groups is 1. The van der Waals surface area contributed by atoms with Gasteiger partial charge >= 0.3 is 5.97 Å². The fourth-order valence-electron chi connectivity index (χ4n) is 4.25. The quantitative estimate of drug-likeness (QED) is 0.153. The van der Waals surface area contributed by atoms with E-state index in [4.69, 9.17) is 10.6 Å². The van der Waals surface area contributed by atoms with E-state index in [9.17, 15) is 4.79 Å². The summed E-state index contributed by atoms with van der Waals surface area (Å²) in [5.74, 6) is 5.11. The molecule has 0 aromatic heterocycles. The number of ether oxygens (including phenoxy) is 1. The number of rotatable bonds is 6. The molecule has 3 rings (SSSR count). The van der Waals surface area contributed by atoms with Crippen LogP contribution in [0.1, 0.15) is 32.3 Å². The third kappa shape index (κ3) is 6.81. The van der Waals surface area contributed by atoms with Gasteiger partial charge in [-0.05, 0) is 49.3 Å². The second-order valence-corrected chi connectivity index (χ2v) is 7.59. The monoisotopic (exact) mass is 529 g/mol. The topological polar surface area (TPSA) is 74.4 Å². The van der Waals surface area contributed by atoms with Crippen molar-refractivity contribution < 1.29 is 9.53 Å². The molecule has 0 bridgehead atoms. The molecule has 2 aliphatic heterocycles. The first kappa shape index (κ1) is 24.9. The van der Waals surface area contributed by atoms with Gasteiger partial charge in [0.05, 0.1) is 12.8 Å². The van der Waals surface area contributed by atoms with Crippen molar-refractivity contribution in [2.24, 2.45) is 10.9 Å². The first-order valence-electron chi connectivity index (χ1n) is 10.7. The molecule has 0 saturated carbocycles. The number of nitrogens with two attached hydrogens (primary N) is 1. The van der Waals surface area contributed by atoms with Crippen LogP contribution in [0.5, 0.6) is 0 Å². The highest BCUT2D eigenvalue weighted by Gasteiger charge is 2.31. The molecule has 2 heterocycles. The summed E-state index contributed by atoms with van der Waals surface area (Å²) in [6.07, 6.45) is 3.91. The fraction of sp³-hybridized carbons (Fsp3) is 0.636. The standard InChI is InChI=1S/C21H33N5O2.CH3I/c1-3-28-21(27)17(2)24-10-8-20(9-11-24)26-14-12-25(13-15-26)19-6-4-18(5-7-19)16-23-22;1-2/h4-7,16-17,20H,3,8-15,22H2,1-2H3;1H3/b23-16-;. The second kappa shape index (κ2) is 13.1. The van der Waals surface area contributed by atoms with Crippen molar-refractivity contribution in [1.82, 2.24) is 9.80 Å². The van der Waals surface area contributed by atoms with E-state index in [1.165, 1.54) is 5.69 Å². The molecule has 1 atom stereocenters. The van der Waals surface area contributed by atoms with E-state index < -0.39 is 0 Å². The van der Waals surface area contributed by atoms with E-state index in [0.29, 0.717) is 12.6 Å². The predicted molar refractivity (Wildman–Crippen MR) is 133 cm³/mol. The van der Waals surface area contributed by atoms with Gasteiger partial charge in [-0.15, -0.1) is 0 Å². The molecule has 2 aliphatic rings. The summed E-state index contributed by atoms with van der Waals surface area (Å²) in [7, 11) is 0. The number of hydrazone groups is 1. The third-order valence-electron chi connectivity index (χ3n) is 5.99. The molecule has 0 radical (unpaired) electrons. The SMILES string of the molecule is CCOC(=O)C(C)N1CCC(N2CCN(c3ccc(/C=N\N)cc3)CC2)CC1.CI. The van der Waals surface area contributed by atoms with Gasteiger partial charge in [-0.25, -0.2) is 0 Å². The Hall–Kier alpha value is -1.39. The molecule has 30 heavy (non-hydrogen) atoms. The molecule has 7 nitrogen and oxygen atoms in total. The first-order chi connectivity index (χ1) is 14.6. The van der Waals surface area contributed by atoms with Gasteiger partial charge in [-0.3, -0.25) is 14.6 Å². The van der Waals surface area contributed by atoms with E-state index in [-0.39, 0.29) is 12.0 Å². The van der Waals surface area contributed by atoms with Crippen molar-refractivity contribution in [2.75, 3.05) is 55.7 Å². The Morgan fingerprint density at radius 3 is 2.30 bits per heavy atom. The average Bonchev–Trinajstić information content (AvgIpc) is 2.81. The summed E-state index contributed by atoms with van der Waals surface area (Å²) < 4.78 is 5.16. The van der Waals surface area contributed by atoms with Crippen molar-refractivity contribution in [3.63, 3.8) is 0 Å². The minimum absolute atomic E-state index is 0.0988. The van der Waals surface area contributed by atoms with Crippen LogP contribution in [0.25, 0.3) is 0 Å². The van der Waals surface area contributed by atoms with Crippen molar-refractivity contribution in [3.05, 3.63) is 29.8 Å². The van der Waals surface area contributed by atoms with Crippen LogP contribution in [0, 0.1) is 0 Å². The predicted octanol–water partition coefficient (Wildman–Crippen LogP) is 2.57. The lowest BCUT2D eigenvalue weighted by atomic mass is 10.0. The summed E-state index contributed by atoms with van der Waals surface area (Å²) in [5, 5.41) is 3.57. The Bertz CT molecular complexity index is 654. The zero-order valence-electron chi connectivity index (χ0n) is 18.5. The molecule has 2 saturated heterocycles. The smallest absolute Gasteiger partial charge is 0.323 e. The van der Waals surface area contributed by atoms with Crippen LogP contribution in [0.15, 0.2) is 29.4 Å². The fourth-order valence-corrected chi connectivity index (χ4v) is 4.25. The first-order valence-corrected chi connectivity index (χ1v) is 12.9. The number of likely N-dealkylation sites (tertiary alicyclic amines) is 1. The number of benzene rings is 1. The number of carbonyl (C=O) groups excluding carboxylic acids is 1. The van der Waals surface area contributed by atoms with Gasteiger partial charge in [0.1, 0.15) is 6.04 Å². The van der Waals surface area contributed by atoms with E-state index >= 15 is 0 Å². The van der Waals surface area contributed by atoms with Crippen LogP contribution in [0.3, 0.4) is 0 Å². The maximum absolute atomic E-state index is 12.0. The molecule has 1 aromatic rings. The van der Waals surface area contributed by atoms with Crippen LogP contribution in [0.4, 0.5) is 5.69 Å². The zero-order chi connectivity index (χ0) is 21.9. The molecule has 1 unspecified atom stereocenters. The molecule has 168 valence electrons. The highest BCUT2D eigenvalue weighted by atomic mass is 127. The molecule has 8 heteroatoms. The Balaban J connectivity index is 0.00000155. The number of halogens is 1. The van der Waals surface area contributed by atoms with Crippen molar-refractivity contribution in [2.45, 2.75) is 38.8 Å². The van der Waals surface area contributed by atoms with Gasteiger partial charge < -0.3 is 15.5 Å². The van der Waals surface area contributed by atoms with Gasteiger partial charge in [0.15, 0.2) is 0 Å². The van der Waals surface area contributed by atoms with E-state index in [1.54, 1.807) is 6.21 Å². The number of anilines is 1. The van der Waals surface area contributed by atoms with Gasteiger partial charge in [0.2, 0.25) is 0 Å². The Labute approximate surface area is 194 Å². The molecule has 0 amide bonds. The summed E-state index contributed by atoms with van der Waals surface area (Å²) in [5.41, 5.74) is 2.28. The van der Waals surface area contributed by atoms with E-state index in [0.717, 1.165) is 57.7 Å². The molecule has 0 spiro atoms. The van der Waals surface area contributed by atoms with Gasteiger partial charge in [0, 0.05) is 51.0 Å². The number of hydrogen-bond acceptors (Lipinski definition) is 7. The number of alkyl halides is 1. The normalized spacial score (nSPS) is 19.9. The van der Waals surface area contributed by atoms with Crippen molar-refractivity contribution in [1.29, 1.82) is 0 Å². The summed E-state index contributed by atoms with van der Waals surface area (Å²) in [6.45, 7) is 10.5. The third-order valence-corrected chi connectivity index (χ3v) is 5.99. The Kier molecular flexibility index (Phi) is 10.9. The van der Waals surface area contributed by atoms with Crippen LogP contribution in [-0.2, 0) is 9.53 Å². The Morgan fingerprint density at radius 2 is 1.77 bits per heavy atom. The number of piperidine rings is 1. The van der Waals surface area contributed by atoms with Crippen LogP contribution < -0.4 is 10.7 Å². The van der Waals surface area contributed by atoms with Gasteiger partial charge in [-0.1, -0.05) is 34.7 Å². The summed E-state index contributed by atoms with van der Waals surface area (Å²) >= 11 is 2.15. The van der Waals surface area contributed by atoms with E-state index in [2.05, 4.69) is 66.7 Å². The van der Waals surface area contributed by atoms with Crippen molar-refractivity contribution in [3.8, 4) is 0 Å². The lowest BCUT2D eigenvalue weighted by molar-refractivity contribution is -0.149. The largest absolute Gasteiger partial charge is 0.465 e. The summed E-state index contributed by atoms with van der Waals surface area (Å²) in [6, 6.07) is 8.88. The summed E-state index contributed by atoms with van der Waals surface area (Å²) in [4.78, 5) is 21.3. The number of hydrogen-bond donors (Lipinski definition) is 1. The maximum Gasteiger partial charge on any atom is 0.323 e. The van der Waals surface area contributed by atoms with Crippen LogP contribution in [-0.4, -0.2) is 84.9 Å². The highest BCUT2D eigenvalue weighted by Crippen LogP contribution is 2.22. The number of esters is 1. The minimum atomic E-state index is -0.134. The van der Waals surface area contributed by atoms with E-state index in [1.807, 2.05) is 18.8 Å². The van der Waals surface area contributed by atoms with Crippen LogP contribution in [0.2, 0.25) is 0 Å². The molecule has 2 N–H and O–H groups in total. The van der Waals surface area contributed by atoms with Gasteiger partial charge in [0.25, 0.3) is 0 Å². The number of nitrogens with zero attached hydrogens (tertiary/aromatic N) is 4. The molecular formula is C22H36IN5O2. The van der Waals surface area contributed by atoms with Crippen molar-refractivity contribution >= 4 is 40.5 Å². The molecular weight excluding hydrogens is 493 g/mol. The lowest BCUT2D eigenvalue weighted by Gasteiger charge is -2.44. The minimum Gasteiger partial charge on any atom is -0.465 e. The average molecular weight is 529 g/mol. The number of piperazine rings is 1. The Morgan fingerprint density at radius 1 is 1.17 bits per heavy atom. The zero-order valence-corrected chi connectivity index (χ0v) is 20.6. The molecule has 0 aliphatic carbocycles.